The van der Waals surface area contributed by atoms with Crippen LogP contribution in [-0.4, -0.2) is 22.9 Å². The highest BCUT2D eigenvalue weighted by atomic mass is 35.5. The van der Waals surface area contributed by atoms with Crippen molar-refractivity contribution in [3.8, 4) is 0 Å². The SMILES string of the molecule is O=S(=O)(Nc1ccc(S(=O)(=O)NC2CCCCC2)cc1)c1ccc(Cl)cc1. The summed E-state index contributed by atoms with van der Waals surface area (Å²) in [6.45, 7) is 0. The van der Waals surface area contributed by atoms with E-state index < -0.39 is 20.0 Å². The molecular formula is C18H21ClN2O4S2. The minimum Gasteiger partial charge on any atom is -0.280 e. The third kappa shape index (κ3) is 5.22. The second-order valence-electron chi connectivity index (χ2n) is 6.54. The molecule has 9 heteroatoms. The van der Waals surface area contributed by atoms with Gasteiger partial charge in [0.15, 0.2) is 0 Å². The van der Waals surface area contributed by atoms with Crippen LogP contribution >= 0.6 is 11.6 Å². The second kappa shape index (κ2) is 8.18. The van der Waals surface area contributed by atoms with Gasteiger partial charge in [0.2, 0.25) is 10.0 Å². The molecule has 27 heavy (non-hydrogen) atoms. The molecule has 1 saturated carbocycles. The number of benzene rings is 2. The predicted octanol–water partition coefficient (Wildman–Crippen LogP) is 3.75. The smallest absolute Gasteiger partial charge is 0.261 e. The molecule has 0 unspecified atom stereocenters. The first-order valence-electron chi connectivity index (χ1n) is 8.67. The molecule has 6 nitrogen and oxygen atoms in total. The van der Waals surface area contributed by atoms with E-state index in [1.54, 1.807) is 0 Å². The van der Waals surface area contributed by atoms with Crippen LogP contribution in [0.3, 0.4) is 0 Å². The number of nitrogens with one attached hydrogen (secondary N) is 2. The van der Waals surface area contributed by atoms with Crippen LogP contribution in [0.1, 0.15) is 32.1 Å². The summed E-state index contributed by atoms with van der Waals surface area (Å²) in [6, 6.07) is 11.4. The number of hydrogen-bond acceptors (Lipinski definition) is 4. The van der Waals surface area contributed by atoms with Crippen LogP contribution in [0, 0.1) is 0 Å². The van der Waals surface area contributed by atoms with Gasteiger partial charge in [-0.25, -0.2) is 21.6 Å². The van der Waals surface area contributed by atoms with Gasteiger partial charge in [0.25, 0.3) is 10.0 Å². The van der Waals surface area contributed by atoms with E-state index in [1.165, 1.54) is 48.5 Å². The Kier molecular flexibility index (Phi) is 6.10. The Labute approximate surface area is 165 Å². The van der Waals surface area contributed by atoms with Gasteiger partial charge in [0.05, 0.1) is 9.79 Å². The second-order valence-corrected chi connectivity index (χ2v) is 10.4. The van der Waals surface area contributed by atoms with E-state index in [4.69, 9.17) is 11.6 Å². The number of anilines is 1. The molecule has 0 aliphatic heterocycles. The minimum absolute atomic E-state index is 0.0353. The van der Waals surface area contributed by atoms with Gasteiger partial charge in [-0.2, -0.15) is 0 Å². The highest BCUT2D eigenvalue weighted by molar-refractivity contribution is 7.92. The molecule has 0 aromatic heterocycles. The molecule has 2 aromatic rings. The summed E-state index contributed by atoms with van der Waals surface area (Å²) < 4.78 is 54.9. The molecule has 1 aliphatic carbocycles. The first-order valence-corrected chi connectivity index (χ1v) is 12.0. The zero-order valence-corrected chi connectivity index (χ0v) is 16.9. The van der Waals surface area contributed by atoms with Crippen LogP contribution < -0.4 is 9.44 Å². The summed E-state index contributed by atoms with van der Waals surface area (Å²) in [4.78, 5) is 0.185. The van der Waals surface area contributed by atoms with Crippen molar-refractivity contribution in [1.82, 2.24) is 4.72 Å². The van der Waals surface area contributed by atoms with Crippen molar-refractivity contribution in [2.24, 2.45) is 0 Å². The molecule has 3 rings (SSSR count). The Balaban J connectivity index is 1.72. The molecule has 0 bridgehead atoms. The average Bonchev–Trinajstić information content (AvgIpc) is 2.63. The maximum absolute atomic E-state index is 12.5. The van der Waals surface area contributed by atoms with E-state index in [9.17, 15) is 16.8 Å². The van der Waals surface area contributed by atoms with E-state index in [0.717, 1.165) is 32.1 Å². The van der Waals surface area contributed by atoms with Crippen molar-refractivity contribution in [3.63, 3.8) is 0 Å². The van der Waals surface area contributed by atoms with Gasteiger partial charge < -0.3 is 0 Å². The first-order chi connectivity index (χ1) is 12.8. The van der Waals surface area contributed by atoms with Gasteiger partial charge >= 0.3 is 0 Å². The fraction of sp³-hybridized carbons (Fsp3) is 0.333. The van der Waals surface area contributed by atoms with Crippen molar-refractivity contribution in [2.45, 2.75) is 47.9 Å². The van der Waals surface area contributed by atoms with Gasteiger partial charge in [0.1, 0.15) is 0 Å². The molecule has 0 saturated heterocycles. The normalized spacial score (nSPS) is 16.2. The van der Waals surface area contributed by atoms with Gasteiger partial charge in [-0.1, -0.05) is 30.9 Å². The first kappa shape index (κ1) is 20.1. The van der Waals surface area contributed by atoms with E-state index in [1.807, 2.05) is 0 Å². The van der Waals surface area contributed by atoms with Gasteiger partial charge in [-0.3, -0.25) is 4.72 Å². The summed E-state index contributed by atoms with van der Waals surface area (Å²) >= 11 is 5.77. The summed E-state index contributed by atoms with van der Waals surface area (Å²) in [5, 5.41) is 0.439. The summed E-state index contributed by atoms with van der Waals surface area (Å²) in [7, 11) is -7.39. The molecule has 0 atom stereocenters. The topological polar surface area (TPSA) is 92.3 Å². The lowest BCUT2D eigenvalue weighted by Gasteiger charge is -2.22. The third-order valence-electron chi connectivity index (χ3n) is 4.47. The fourth-order valence-electron chi connectivity index (χ4n) is 3.04. The van der Waals surface area contributed by atoms with Crippen LogP contribution in [0.5, 0.6) is 0 Å². The maximum atomic E-state index is 12.5. The number of hydrogen-bond donors (Lipinski definition) is 2. The lowest BCUT2D eigenvalue weighted by atomic mass is 9.96. The van der Waals surface area contributed by atoms with E-state index in [2.05, 4.69) is 9.44 Å². The van der Waals surface area contributed by atoms with Crippen molar-refractivity contribution in [3.05, 3.63) is 53.6 Å². The van der Waals surface area contributed by atoms with Crippen LogP contribution in [0.15, 0.2) is 58.3 Å². The largest absolute Gasteiger partial charge is 0.280 e. The summed E-state index contributed by atoms with van der Waals surface area (Å²) in [5.41, 5.74) is 0.279. The van der Waals surface area contributed by atoms with E-state index in [0.29, 0.717) is 5.02 Å². The zero-order chi connectivity index (χ0) is 19.5. The lowest BCUT2D eigenvalue weighted by Crippen LogP contribution is -2.36. The molecule has 0 heterocycles. The Morgan fingerprint density at radius 1 is 0.741 bits per heavy atom. The molecule has 1 aliphatic rings. The quantitative estimate of drug-likeness (QED) is 0.732. The van der Waals surface area contributed by atoms with Crippen molar-refractivity contribution in [1.29, 1.82) is 0 Å². The highest BCUT2D eigenvalue weighted by Gasteiger charge is 2.22. The number of rotatable bonds is 6. The van der Waals surface area contributed by atoms with Crippen molar-refractivity contribution >= 4 is 37.3 Å². The standard InChI is InChI=1S/C18H21ClN2O4S2/c19-14-6-10-17(11-7-14)26(22,23)21-16-8-12-18(13-9-16)27(24,25)20-15-4-2-1-3-5-15/h6-13,15,20-21H,1-5H2. The van der Waals surface area contributed by atoms with Crippen LogP contribution in [-0.2, 0) is 20.0 Å². The number of halogens is 1. The maximum Gasteiger partial charge on any atom is 0.261 e. The molecular weight excluding hydrogens is 408 g/mol. The highest BCUT2D eigenvalue weighted by Crippen LogP contribution is 2.22. The Hall–Kier alpha value is -1.61. The van der Waals surface area contributed by atoms with Crippen molar-refractivity contribution < 1.29 is 16.8 Å². The van der Waals surface area contributed by atoms with Gasteiger partial charge in [-0.15, -0.1) is 0 Å². The molecule has 2 N–H and O–H groups in total. The zero-order valence-electron chi connectivity index (χ0n) is 14.6. The third-order valence-corrected chi connectivity index (χ3v) is 7.65. The summed E-state index contributed by atoms with van der Waals surface area (Å²) in [5.74, 6) is 0. The van der Waals surface area contributed by atoms with Gasteiger partial charge in [-0.05, 0) is 61.4 Å². The lowest BCUT2D eigenvalue weighted by molar-refractivity contribution is 0.412. The summed E-state index contributed by atoms with van der Waals surface area (Å²) in [6.07, 6.45) is 4.88. The fourth-order valence-corrected chi connectivity index (χ4v) is 5.53. The van der Waals surface area contributed by atoms with Crippen LogP contribution in [0.25, 0.3) is 0 Å². The Morgan fingerprint density at radius 3 is 1.85 bits per heavy atom. The molecule has 2 aromatic carbocycles. The molecule has 0 amide bonds. The van der Waals surface area contributed by atoms with E-state index in [-0.39, 0.29) is 21.5 Å². The van der Waals surface area contributed by atoms with Crippen LogP contribution in [0.4, 0.5) is 5.69 Å². The monoisotopic (exact) mass is 428 g/mol. The van der Waals surface area contributed by atoms with Gasteiger partial charge in [0, 0.05) is 16.8 Å². The van der Waals surface area contributed by atoms with Crippen molar-refractivity contribution in [2.75, 3.05) is 4.72 Å². The molecule has 1 fully saturated rings. The minimum atomic E-state index is -3.77. The van der Waals surface area contributed by atoms with Crippen LogP contribution in [0.2, 0.25) is 5.02 Å². The average molecular weight is 429 g/mol. The number of sulfonamides is 2. The predicted molar refractivity (Wildman–Crippen MR) is 106 cm³/mol. The Morgan fingerprint density at radius 2 is 1.26 bits per heavy atom. The molecule has 0 radical (unpaired) electrons. The Bertz CT molecular complexity index is 983. The molecule has 146 valence electrons. The molecule has 0 spiro atoms. The van der Waals surface area contributed by atoms with E-state index >= 15 is 0 Å².